The molecule has 0 unspecified atom stereocenters. The number of benzene rings is 1. The fourth-order valence-corrected chi connectivity index (χ4v) is 2.00. The molecule has 0 aliphatic heterocycles. The van der Waals surface area contributed by atoms with E-state index < -0.39 is 4.92 Å². The van der Waals surface area contributed by atoms with E-state index in [0.29, 0.717) is 12.3 Å². The van der Waals surface area contributed by atoms with Crippen molar-refractivity contribution in [3.05, 3.63) is 63.4 Å². The summed E-state index contributed by atoms with van der Waals surface area (Å²) in [5, 5.41) is 13.8. The van der Waals surface area contributed by atoms with Gasteiger partial charge >= 0.3 is 5.88 Å². The number of aryl methyl sites for hydroxylation is 1. The maximum atomic E-state index is 10.5. The molecule has 1 N–H and O–H groups in total. The van der Waals surface area contributed by atoms with E-state index >= 15 is 0 Å². The van der Waals surface area contributed by atoms with Crippen molar-refractivity contribution in [3.8, 4) is 0 Å². The molecule has 2 rings (SSSR count). The monoisotopic (exact) mass is 260 g/mol. The summed E-state index contributed by atoms with van der Waals surface area (Å²) in [4.78, 5) is 9.98. The Morgan fingerprint density at radius 3 is 2.68 bits per heavy atom. The Morgan fingerprint density at radius 1 is 1.32 bits per heavy atom. The van der Waals surface area contributed by atoms with Gasteiger partial charge in [-0.3, -0.25) is 10.1 Å². The van der Waals surface area contributed by atoms with E-state index in [-0.39, 0.29) is 11.9 Å². The summed E-state index contributed by atoms with van der Waals surface area (Å²) in [5.74, 6) is 0.340. The molecule has 0 aliphatic carbocycles. The number of nitrogens with one attached hydrogen (secondary N) is 1. The maximum absolute atomic E-state index is 10.5. The van der Waals surface area contributed by atoms with Crippen molar-refractivity contribution >= 4 is 5.88 Å². The van der Waals surface area contributed by atoms with Crippen LogP contribution in [0.4, 0.5) is 5.88 Å². The number of nitro groups is 1. The molecule has 1 aromatic carbocycles. The number of hydrogen-bond donors (Lipinski definition) is 1. The van der Waals surface area contributed by atoms with Gasteiger partial charge in [0.25, 0.3) is 0 Å². The molecule has 100 valence electrons. The van der Waals surface area contributed by atoms with Gasteiger partial charge in [-0.2, -0.15) is 0 Å². The van der Waals surface area contributed by atoms with Crippen LogP contribution in [0.25, 0.3) is 0 Å². The molecule has 5 nitrogen and oxygen atoms in total. The minimum absolute atomic E-state index is 0.158. The molecule has 2 aromatic rings. The zero-order valence-electron chi connectivity index (χ0n) is 10.9. The molecule has 0 spiro atoms. The molecule has 1 heterocycles. The van der Waals surface area contributed by atoms with Crippen molar-refractivity contribution in [2.75, 3.05) is 0 Å². The Labute approximate surface area is 111 Å². The van der Waals surface area contributed by atoms with Gasteiger partial charge in [-0.25, -0.2) is 0 Å². The molecule has 0 fully saturated rings. The van der Waals surface area contributed by atoms with Crippen LogP contribution < -0.4 is 5.32 Å². The third-order valence-electron chi connectivity index (χ3n) is 3.06. The van der Waals surface area contributed by atoms with Crippen LogP contribution in [0, 0.1) is 17.0 Å². The zero-order chi connectivity index (χ0) is 13.8. The molecule has 0 amide bonds. The molecule has 1 aromatic heterocycles. The minimum atomic E-state index is -0.533. The fourth-order valence-electron chi connectivity index (χ4n) is 2.00. The molecular formula is C14H16N2O3. The summed E-state index contributed by atoms with van der Waals surface area (Å²) in [6, 6.07) is 11.3. The van der Waals surface area contributed by atoms with E-state index in [1.165, 1.54) is 17.2 Å². The first-order valence-electron chi connectivity index (χ1n) is 6.10. The molecule has 0 radical (unpaired) electrons. The standard InChI is InChI=1S/C14H16N2O3/c1-10-5-3-4-6-13(10)11(2)15-9-12-7-8-14(19-12)16(17)18/h3-8,11,15H,9H2,1-2H3/t11-/m0/s1. The Bertz CT molecular complexity index is 578. The maximum Gasteiger partial charge on any atom is 0.433 e. The SMILES string of the molecule is Cc1ccccc1[C@H](C)NCc1ccc([N+](=O)[O-])o1. The molecule has 0 saturated carbocycles. The van der Waals surface area contributed by atoms with Crippen LogP contribution in [0.5, 0.6) is 0 Å². The topological polar surface area (TPSA) is 68.3 Å². The first-order chi connectivity index (χ1) is 9.08. The molecule has 5 heteroatoms. The van der Waals surface area contributed by atoms with Crippen LogP contribution in [0.3, 0.4) is 0 Å². The van der Waals surface area contributed by atoms with Crippen molar-refractivity contribution in [1.82, 2.24) is 5.32 Å². The lowest BCUT2D eigenvalue weighted by atomic mass is 10.0. The average molecular weight is 260 g/mol. The van der Waals surface area contributed by atoms with Crippen molar-refractivity contribution in [2.24, 2.45) is 0 Å². The van der Waals surface area contributed by atoms with Gasteiger partial charge in [-0.05, 0) is 31.0 Å². The molecule has 0 saturated heterocycles. The third kappa shape index (κ3) is 3.20. The first-order valence-corrected chi connectivity index (χ1v) is 6.10. The zero-order valence-corrected chi connectivity index (χ0v) is 10.9. The predicted octanol–water partition coefficient (Wildman–Crippen LogP) is 3.35. The highest BCUT2D eigenvalue weighted by atomic mass is 16.6. The van der Waals surface area contributed by atoms with Gasteiger partial charge in [0, 0.05) is 6.04 Å². The van der Waals surface area contributed by atoms with Crippen molar-refractivity contribution < 1.29 is 9.34 Å². The Hall–Kier alpha value is -2.14. The summed E-state index contributed by atoms with van der Waals surface area (Å²) >= 11 is 0. The van der Waals surface area contributed by atoms with Crippen LogP contribution in [-0.4, -0.2) is 4.92 Å². The molecule has 0 aliphatic rings. The number of hydrogen-bond acceptors (Lipinski definition) is 4. The smallest absolute Gasteiger partial charge is 0.404 e. The summed E-state index contributed by atoms with van der Waals surface area (Å²) in [5.41, 5.74) is 2.43. The lowest BCUT2D eigenvalue weighted by Gasteiger charge is -2.15. The van der Waals surface area contributed by atoms with Gasteiger partial charge < -0.3 is 9.73 Å². The second kappa shape index (κ2) is 5.67. The average Bonchev–Trinajstić information content (AvgIpc) is 2.85. The normalized spacial score (nSPS) is 12.3. The summed E-state index contributed by atoms with van der Waals surface area (Å²) in [7, 11) is 0. The van der Waals surface area contributed by atoms with Gasteiger partial charge in [0.15, 0.2) is 0 Å². The Kier molecular flexibility index (Phi) is 3.97. The lowest BCUT2D eigenvalue weighted by Crippen LogP contribution is -2.18. The second-order valence-corrected chi connectivity index (χ2v) is 4.46. The van der Waals surface area contributed by atoms with E-state index in [4.69, 9.17) is 4.42 Å². The van der Waals surface area contributed by atoms with Crippen molar-refractivity contribution in [3.63, 3.8) is 0 Å². The van der Waals surface area contributed by atoms with E-state index in [1.807, 2.05) is 12.1 Å². The van der Waals surface area contributed by atoms with Crippen LogP contribution in [0.15, 0.2) is 40.8 Å². The number of nitrogens with zero attached hydrogens (tertiary/aromatic N) is 1. The Balaban J connectivity index is 1.98. The van der Waals surface area contributed by atoms with Gasteiger partial charge in [0.05, 0.1) is 12.6 Å². The molecule has 19 heavy (non-hydrogen) atoms. The second-order valence-electron chi connectivity index (χ2n) is 4.46. The Morgan fingerprint density at radius 2 is 2.05 bits per heavy atom. The molecule has 1 atom stereocenters. The number of rotatable bonds is 5. The predicted molar refractivity (Wildman–Crippen MR) is 71.8 cm³/mol. The molecular weight excluding hydrogens is 244 g/mol. The third-order valence-corrected chi connectivity index (χ3v) is 3.06. The van der Waals surface area contributed by atoms with Gasteiger partial charge in [-0.1, -0.05) is 24.3 Å². The summed E-state index contributed by atoms with van der Waals surface area (Å²) in [6.45, 7) is 4.58. The van der Waals surface area contributed by atoms with E-state index in [2.05, 4.69) is 31.3 Å². The van der Waals surface area contributed by atoms with E-state index in [9.17, 15) is 10.1 Å². The quantitative estimate of drug-likeness (QED) is 0.661. The summed E-state index contributed by atoms with van der Waals surface area (Å²) < 4.78 is 5.10. The van der Waals surface area contributed by atoms with Crippen molar-refractivity contribution in [1.29, 1.82) is 0 Å². The van der Waals surface area contributed by atoms with E-state index in [1.54, 1.807) is 6.07 Å². The van der Waals surface area contributed by atoms with E-state index in [0.717, 1.165) is 0 Å². The highest BCUT2D eigenvalue weighted by molar-refractivity contribution is 5.28. The van der Waals surface area contributed by atoms with Crippen LogP contribution >= 0.6 is 0 Å². The molecule has 0 bridgehead atoms. The van der Waals surface area contributed by atoms with Gasteiger partial charge in [0.1, 0.15) is 10.7 Å². The van der Waals surface area contributed by atoms with Crippen LogP contribution in [0.1, 0.15) is 29.9 Å². The van der Waals surface area contributed by atoms with Crippen molar-refractivity contribution in [2.45, 2.75) is 26.4 Å². The largest absolute Gasteiger partial charge is 0.433 e. The first kappa shape index (κ1) is 13.3. The van der Waals surface area contributed by atoms with Crippen LogP contribution in [0.2, 0.25) is 0 Å². The fraction of sp³-hybridized carbons (Fsp3) is 0.286. The highest BCUT2D eigenvalue weighted by Crippen LogP contribution is 2.19. The van der Waals surface area contributed by atoms with Gasteiger partial charge in [-0.15, -0.1) is 0 Å². The van der Waals surface area contributed by atoms with Crippen LogP contribution in [-0.2, 0) is 6.54 Å². The summed E-state index contributed by atoms with van der Waals surface area (Å²) in [6.07, 6.45) is 0. The number of furan rings is 1. The lowest BCUT2D eigenvalue weighted by molar-refractivity contribution is -0.402. The van der Waals surface area contributed by atoms with Gasteiger partial charge in [0.2, 0.25) is 0 Å². The highest BCUT2D eigenvalue weighted by Gasteiger charge is 2.13. The minimum Gasteiger partial charge on any atom is -0.404 e.